The van der Waals surface area contributed by atoms with E-state index in [9.17, 15) is 0 Å². The first-order valence-electron chi connectivity index (χ1n) is 6.62. The number of pyridine rings is 1. The fourth-order valence-electron chi connectivity index (χ4n) is 2.07. The van der Waals surface area contributed by atoms with Gasteiger partial charge in [0.15, 0.2) is 0 Å². The van der Waals surface area contributed by atoms with E-state index in [1.807, 2.05) is 22.9 Å². The maximum atomic E-state index is 4.70. The summed E-state index contributed by atoms with van der Waals surface area (Å²) >= 11 is 0. The Bertz CT molecular complexity index is 598. The lowest BCUT2D eigenvalue weighted by Gasteiger charge is -2.06. The molecule has 1 aliphatic carbocycles. The zero-order valence-electron chi connectivity index (χ0n) is 11.4. The molecule has 98 valence electrons. The van der Waals surface area contributed by atoms with E-state index >= 15 is 0 Å². The van der Waals surface area contributed by atoms with Crippen molar-refractivity contribution in [2.75, 3.05) is 6.54 Å². The van der Waals surface area contributed by atoms with E-state index in [0.717, 1.165) is 30.6 Å². The van der Waals surface area contributed by atoms with Crippen LogP contribution in [-0.4, -0.2) is 11.1 Å². The quantitative estimate of drug-likeness (QED) is 0.731. The molecule has 0 radical (unpaired) electrons. The van der Waals surface area contributed by atoms with Crippen molar-refractivity contribution in [1.29, 1.82) is 0 Å². The summed E-state index contributed by atoms with van der Waals surface area (Å²) < 4.78 is 2.01. The normalized spacial score (nSPS) is 20.3. The number of aromatic nitrogens is 1. The van der Waals surface area contributed by atoms with E-state index < -0.39 is 0 Å². The van der Waals surface area contributed by atoms with Gasteiger partial charge in [-0.15, -0.1) is 0 Å². The second-order valence-electron chi connectivity index (χ2n) is 4.55. The highest BCUT2D eigenvalue weighted by atomic mass is 15.0. The molecule has 2 rings (SSSR count). The van der Waals surface area contributed by atoms with E-state index in [4.69, 9.17) is 4.99 Å². The predicted molar refractivity (Wildman–Crippen MR) is 81.6 cm³/mol. The van der Waals surface area contributed by atoms with Crippen LogP contribution >= 0.6 is 0 Å². The maximum Gasteiger partial charge on any atom is 0.132 e. The van der Waals surface area contributed by atoms with Crippen LogP contribution in [0.25, 0.3) is 6.20 Å². The van der Waals surface area contributed by atoms with E-state index in [1.54, 1.807) is 0 Å². The van der Waals surface area contributed by atoms with Crippen LogP contribution in [0.3, 0.4) is 0 Å². The van der Waals surface area contributed by atoms with Gasteiger partial charge in [0.05, 0.1) is 6.54 Å². The molecule has 0 spiro atoms. The molecule has 2 nitrogen and oxygen atoms in total. The van der Waals surface area contributed by atoms with Gasteiger partial charge in [-0.2, -0.15) is 0 Å². The zero-order valence-corrected chi connectivity index (χ0v) is 11.4. The standard InChI is InChI=1S/C17H20N2/c1-3-19-15(2)10-9-13-17(19)18-14-16-11-7-5-4-6-8-12-16/h3-7,9-10,12-13H,1,8,11,14H2,2H3/b6-4?,7-5-,16-12+,18-17?. The highest BCUT2D eigenvalue weighted by molar-refractivity contribution is 5.23. The van der Waals surface area contributed by atoms with Crippen molar-refractivity contribution >= 4 is 6.20 Å². The van der Waals surface area contributed by atoms with Crippen molar-refractivity contribution in [3.8, 4) is 0 Å². The van der Waals surface area contributed by atoms with Crippen LogP contribution in [0.15, 0.2) is 65.7 Å². The minimum atomic E-state index is 0.746. The van der Waals surface area contributed by atoms with Crippen molar-refractivity contribution in [3.05, 3.63) is 71.9 Å². The molecular formula is C17H20N2. The molecule has 0 unspecified atom stereocenters. The average Bonchev–Trinajstić information content (AvgIpc) is 2.37. The van der Waals surface area contributed by atoms with Gasteiger partial charge in [-0.25, -0.2) is 0 Å². The van der Waals surface area contributed by atoms with E-state index in [2.05, 4.69) is 49.9 Å². The number of hydrogen-bond donors (Lipinski definition) is 0. The second-order valence-corrected chi connectivity index (χ2v) is 4.55. The Morgan fingerprint density at radius 3 is 3.00 bits per heavy atom. The van der Waals surface area contributed by atoms with Crippen LogP contribution in [0.1, 0.15) is 18.5 Å². The molecule has 0 atom stereocenters. The van der Waals surface area contributed by atoms with Gasteiger partial charge in [0.2, 0.25) is 0 Å². The van der Waals surface area contributed by atoms with Crippen LogP contribution in [-0.2, 0) is 0 Å². The third-order valence-corrected chi connectivity index (χ3v) is 3.14. The molecule has 0 aromatic carbocycles. The SMILES string of the molecule is C=Cn1c(C)cccc1=NC/C1=C/CC=C/C=C\C1. The van der Waals surface area contributed by atoms with Crippen molar-refractivity contribution in [2.24, 2.45) is 4.99 Å². The fourth-order valence-corrected chi connectivity index (χ4v) is 2.07. The number of hydrogen-bond acceptors (Lipinski definition) is 1. The number of rotatable bonds is 3. The highest BCUT2D eigenvalue weighted by Gasteiger charge is 1.96. The summed E-state index contributed by atoms with van der Waals surface area (Å²) in [6.45, 7) is 6.65. The Balaban J connectivity index is 2.23. The Morgan fingerprint density at radius 1 is 1.32 bits per heavy atom. The van der Waals surface area contributed by atoms with Gasteiger partial charge in [-0.1, -0.05) is 43.0 Å². The van der Waals surface area contributed by atoms with Crippen LogP contribution in [0.5, 0.6) is 0 Å². The lowest BCUT2D eigenvalue weighted by atomic mass is 10.1. The van der Waals surface area contributed by atoms with Crippen LogP contribution < -0.4 is 5.49 Å². The van der Waals surface area contributed by atoms with Crippen molar-refractivity contribution in [2.45, 2.75) is 19.8 Å². The molecule has 0 aliphatic heterocycles. The first-order valence-corrected chi connectivity index (χ1v) is 6.62. The van der Waals surface area contributed by atoms with Crippen molar-refractivity contribution < 1.29 is 0 Å². The first kappa shape index (κ1) is 13.3. The summed E-state index contributed by atoms with van der Waals surface area (Å²) in [7, 11) is 0. The minimum Gasteiger partial charge on any atom is -0.307 e. The molecule has 1 aromatic rings. The van der Waals surface area contributed by atoms with Gasteiger partial charge in [0, 0.05) is 11.9 Å². The first-order chi connectivity index (χ1) is 9.31. The highest BCUT2D eigenvalue weighted by Crippen LogP contribution is 2.08. The molecule has 2 heteroatoms. The summed E-state index contributed by atoms with van der Waals surface area (Å²) in [5.74, 6) is 0. The summed E-state index contributed by atoms with van der Waals surface area (Å²) in [6, 6.07) is 6.11. The number of nitrogens with zero attached hydrogens (tertiary/aromatic N) is 2. The van der Waals surface area contributed by atoms with Crippen LogP contribution in [0.2, 0.25) is 0 Å². The third-order valence-electron chi connectivity index (χ3n) is 3.14. The minimum absolute atomic E-state index is 0.746. The van der Waals surface area contributed by atoms with Gasteiger partial charge >= 0.3 is 0 Å². The Morgan fingerprint density at radius 2 is 2.16 bits per heavy atom. The Labute approximate surface area is 114 Å². The van der Waals surface area contributed by atoms with Crippen molar-refractivity contribution in [1.82, 2.24) is 4.57 Å². The van der Waals surface area contributed by atoms with E-state index in [0.29, 0.717) is 0 Å². The molecule has 0 saturated carbocycles. The Hall–Kier alpha value is -2.09. The average molecular weight is 252 g/mol. The van der Waals surface area contributed by atoms with Gasteiger partial charge in [-0.3, -0.25) is 4.99 Å². The summed E-state index contributed by atoms with van der Waals surface area (Å²) in [4.78, 5) is 4.70. The summed E-state index contributed by atoms with van der Waals surface area (Å²) in [6.07, 6.45) is 14.6. The van der Waals surface area contributed by atoms with Gasteiger partial charge < -0.3 is 4.57 Å². The molecule has 0 amide bonds. The molecule has 0 fully saturated rings. The van der Waals surface area contributed by atoms with Crippen molar-refractivity contribution in [3.63, 3.8) is 0 Å². The molecule has 0 bridgehead atoms. The molecule has 1 aliphatic rings. The molecular weight excluding hydrogens is 232 g/mol. The molecule has 0 saturated heterocycles. The topological polar surface area (TPSA) is 17.3 Å². The Kier molecular flexibility index (Phi) is 4.73. The number of aryl methyl sites for hydroxylation is 1. The largest absolute Gasteiger partial charge is 0.307 e. The monoisotopic (exact) mass is 252 g/mol. The van der Waals surface area contributed by atoms with Gasteiger partial charge in [0.1, 0.15) is 5.49 Å². The fraction of sp³-hybridized carbons (Fsp3) is 0.235. The van der Waals surface area contributed by atoms with E-state index in [1.165, 1.54) is 5.57 Å². The maximum absolute atomic E-state index is 4.70. The molecule has 1 aromatic heterocycles. The van der Waals surface area contributed by atoms with Gasteiger partial charge in [0.25, 0.3) is 0 Å². The third kappa shape index (κ3) is 3.68. The van der Waals surface area contributed by atoms with Crippen LogP contribution in [0.4, 0.5) is 0 Å². The van der Waals surface area contributed by atoms with E-state index in [-0.39, 0.29) is 0 Å². The summed E-state index contributed by atoms with van der Waals surface area (Å²) in [5.41, 5.74) is 3.46. The number of allylic oxidation sites excluding steroid dienone is 5. The smallest absolute Gasteiger partial charge is 0.132 e. The lowest BCUT2D eigenvalue weighted by molar-refractivity contribution is 0.901. The molecule has 0 N–H and O–H groups in total. The van der Waals surface area contributed by atoms with Crippen LogP contribution in [0, 0.1) is 6.92 Å². The second kappa shape index (κ2) is 6.74. The zero-order chi connectivity index (χ0) is 13.5. The summed E-state index contributed by atoms with van der Waals surface area (Å²) in [5, 5.41) is 0. The molecule has 19 heavy (non-hydrogen) atoms. The molecule has 1 heterocycles. The van der Waals surface area contributed by atoms with Gasteiger partial charge in [-0.05, 0) is 37.5 Å². The lowest BCUT2D eigenvalue weighted by Crippen LogP contribution is -2.18. The predicted octanol–water partition coefficient (Wildman–Crippen LogP) is 3.63.